The molecule has 0 bridgehead atoms. The molecule has 0 amide bonds. The second-order valence-electron chi connectivity index (χ2n) is 3.93. The molecule has 88 valence electrons. The van der Waals surface area contributed by atoms with E-state index in [1.807, 2.05) is 23.6 Å². The monoisotopic (exact) mass is 271 g/mol. The molecule has 3 heteroatoms. The molecule has 3 rings (SSSR count). The molecule has 1 nitrogen and oxygen atoms in total. The summed E-state index contributed by atoms with van der Waals surface area (Å²) in [7, 11) is 0. The maximum Gasteiger partial charge on any atom is 0.184 e. The first-order chi connectivity index (χ1) is 8.83. The van der Waals surface area contributed by atoms with Crippen molar-refractivity contribution >= 4 is 22.9 Å². The quantitative estimate of drug-likeness (QED) is 0.630. The molecule has 0 aliphatic rings. The summed E-state index contributed by atoms with van der Waals surface area (Å²) >= 11 is 7.30. The summed E-state index contributed by atoms with van der Waals surface area (Å²) in [4.78, 5) is 4.27. The lowest BCUT2D eigenvalue weighted by Crippen LogP contribution is -1.79. The summed E-state index contributed by atoms with van der Waals surface area (Å²) < 4.78 is 0.581. The SMILES string of the molecule is Clc1nc(-c2ccc(-c3ccccc3)cc2)cs1. The van der Waals surface area contributed by atoms with Gasteiger partial charge in [-0.25, -0.2) is 4.98 Å². The van der Waals surface area contributed by atoms with Crippen LogP contribution in [0.1, 0.15) is 0 Å². The van der Waals surface area contributed by atoms with Gasteiger partial charge in [-0.3, -0.25) is 0 Å². The molecule has 1 aromatic heterocycles. The van der Waals surface area contributed by atoms with Gasteiger partial charge < -0.3 is 0 Å². The van der Waals surface area contributed by atoms with Gasteiger partial charge in [0.2, 0.25) is 0 Å². The average Bonchev–Trinajstić information content (AvgIpc) is 2.87. The Bertz CT molecular complexity index is 644. The van der Waals surface area contributed by atoms with Crippen molar-refractivity contribution in [3.8, 4) is 22.4 Å². The van der Waals surface area contributed by atoms with Gasteiger partial charge in [0.1, 0.15) is 0 Å². The van der Waals surface area contributed by atoms with Crippen molar-refractivity contribution in [1.82, 2.24) is 4.98 Å². The highest BCUT2D eigenvalue weighted by Crippen LogP contribution is 2.27. The maximum absolute atomic E-state index is 5.84. The van der Waals surface area contributed by atoms with Crippen molar-refractivity contribution in [3.05, 3.63) is 64.4 Å². The van der Waals surface area contributed by atoms with Crippen LogP contribution in [0.2, 0.25) is 4.47 Å². The topological polar surface area (TPSA) is 12.9 Å². The lowest BCUT2D eigenvalue weighted by Gasteiger charge is -2.02. The lowest BCUT2D eigenvalue weighted by atomic mass is 10.0. The summed E-state index contributed by atoms with van der Waals surface area (Å²) in [5.74, 6) is 0. The van der Waals surface area contributed by atoms with Gasteiger partial charge in [-0.05, 0) is 11.1 Å². The molecule has 18 heavy (non-hydrogen) atoms. The number of halogens is 1. The van der Waals surface area contributed by atoms with Gasteiger partial charge in [-0.15, -0.1) is 11.3 Å². The van der Waals surface area contributed by atoms with E-state index < -0.39 is 0 Å². The fourth-order valence-electron chi connectivity index (χ4n) is 1.85. The van der Waals surface area contributed by atoms with Crippen LogP contribution in [0.25, 0.3) is 22.4 Å². The van der Waals surface area contributed by atoms with Crippen LogP contribution in [0.15, 0.2) is 60.0 Å². The minimum absolute atomic E-state index is 0.581. The normalized spacial score (nSPS) is 10.5. The van der Waals surface area contributed by atoms with E-state index in [2.05, 4.69) is 41.4 Å². The highest BCUT2D eigenvalue weighted by atomic mass is 35.5. The third-order valence-corrected chi connectivity index (χ3v) is 3.74. The molecule has 2 aromatic carbocycles. The molecule has 0 fully saturated rings. The molecule has 1 heterocycles. The summed E-state index contributed by atoms with van der Waals surface area (Å²) in [6.45, 7) is 0. The number of hydrogen-bond acceptors (Lipinski definition) is 2. The molecule has 0 radical (unpaired) electrons. The van der Waals surface area contributed by atoms with E-state index in [4.69, 9.17) is 11.6 Å². The van der Waals surface area contributed by atoms with E-state index in [9.17, 15) is 0 Å². The van der Waals surface area contributed by atoms with Crippen LogP contribution < -0.4 is 0 Å². The molecule has 0 aliphatic carbocycles. The van der Waals surface area contributed by atoms with Crippen molar-refractivity contribution in [1.29, 1.82) is 0 Å². The van der Waals surface area contributed by atoms with Crippen LogP contribution in [0.3, 0.4) is 0 Å². The predicted octanol–water partition coefficient (Wildman–Crippen LogP) is 5.13. The van der Waals surface area contributed by atoms with Crippen LogP contribution in [0.5, 0.6) is 0 Å². The zero-order valence-corrected chi connectivity index (χ0v) is 11.1. The van der Waals surface area contributed by atoms with Crippen LogP contribution in [-0.4, -0.2) is 4.98 Å². The Morgan fingerprint density at radius 1 is 0.778 bits per heavy atom. The smallest absolute Gasteiger partial charge is 0.184 e. The maximum atomic E-state index is 5.84. The van der Waals surface area contributed by atoms with E-state index in [0.717, 1.165) is 11.3 Å². The Morgan fingerprint density at radius 2 is 1.39 bits per heavy atom. The third kappa shape index (κ3) is 2.30. The van der Waals surface area contributed by atoms with E-state index in [1.165, 1.54) is 22.5 Å². The van der Waals surface area contributed by atoms with Crippen molar-refractivity contribution in [3.63, 3.8) is 0 Å². The van der Waals surface area contributed by atoms with Gasteiger partial charge in [-0.2, -0.15) is 0 Å². The summed E-state index contributed by atoms with van der Waals surface area (Å²) in [6, 6.07) is 18.7. The fourth-order valence-corrected chi connectivity index (χ4v) is 2.62. The molecular formula is C15H10ClNS. The zero-order valence-electron chi connectivity index (χ0n) is 9.51. The second kappa shape index (κ2) is 4.92. The molecule has 0 N–H and O–H groups in total. The average molecular weight is 272 g/mol. The van der Waals surface area contributed by atoms with E-state index in [-0.39, 0.29) is 0 Å². The molecule has 0 unspecified atom stereocenters. The number of thiazole rings is 1. The molecule has 3 aromatic rings. The number of hydrogen-bond donors (Lipinski definition) is 0. The minimum Gasteiger partial charge on any atom is -0.225 e. The van der Waals surface area contributed by atoms with E-state index in [0.29, 0.717) is 4.47 Å². The second-order valence-corrected chi connectivity index (χ2v) is 5.37. The van der Waals surface area contributed by atoms with Crippen LogP contribution in [-0.2, 0) is 0 Å². The first kappa shape index (κ1) is 11.5. The van der Waals surface area contributed by atoms with Crippen LogP contribution in [0, 0.1) is 0 Å². The lowest BCUT2D eigenvalue weighted by molar-refractivity contribution is 1.41. The van der Waals surface area contributed by atoms with Crippen molar-refractivity contribution in [2.45, 2.75) is 0 Å². The Morgan fingerprint density at radius 3 is 2.00 bits per heavy atom. The fraction of sp³-hybridized carbons (Fsp3) is 0. The van der Waals surface area contributed by atoms with Crippen molar-refractivity contribution < 1.29 is 0 Å². The van der Waals surface area contributed by atoms with Gasteiger partial charge in [0, 0.05) is 10.9 Å². The van der Waals surface area contributed by atoms with Gasteiger partial charge in [0.15, 0.2) is 4.47 Å². The summed E-state index contributed by atoms with van der Waals surface area (Å²) in [6.07, 6.45) is 0. The Kier molecular flexibility index (Phi) is 3.13. The third-order valence-electron chi connectivity index (χ3n) is 2.76. The zero-order chi connectivity index (χ0) is 12.4. The van der Waals surface area contributed by atoms with Gasteiger partial charge in [0.05, 0.1) is 5.69 Å². The number of benzene rings is 2. The highest BCUT2D eigenvalue weighted by molar-refractivity contribution is 7.14. The molecule has 0 saturated heterocycles. The summed E-state index contributed by atoms with van der Waals surface area (Å²) in [5.41, 5.74) is 4.46. The molecule has 0 atom stereocenters. The number of aromatic nitrogens is 1. The Hall–Kier alpha value is -1.64. The van der Waals surface area contributed by atoms with Gasteiger partial charge in [0.25, 0.3) is 0 Å². The molecule has 0 spiro atoms. The first-order valence-corrected chi connectivity index (χ1v) is 6.85. The van der Waals surface area contributed by atoms with Crippen molar-refractivity contribution in [2.24, 2.45) is 0 Å². The van der Waals surface area contributed by atoms with Gasteiger partial charge in [-0.1, -0.05) is 66.2 Å². The largest absolute Gasteiger partial charge is 0.225 e. The van der Waals surface area contributed by atoms with E-state index >= 15 is 0 Å². The van der Waals surface area contributed by atoms with Crippen LogP contribution in [0.4, 0.5) is 0 Å². The van der Waals surface area contributed by atoms with Crippen molar-refractivity contribution in [2.75, 3.05) is 0 Å². The summed E-state index contributed by atoms with van der Waals surface area (Å²) in [5, 5.41) is 1.97. The van der Waals surface area contributed by atoms with E-state index in [1.54, 1.807) is 0 Å². The molecule has 0 saturated carbocycles. The molecule has 0 aliphatic heterocycles. The Labute approximate surface area is 115 Å². The molecular weight excluding hydrogens is 262 g/mol. The highest BCUT2D eigenvalue weighted by Gasteiger charge is 2.03. The first-order valence-electron chi connectivity index (χ1n) is 5.60. The predicted molar refractivity (Wildman–Crippen MR) is 78.0 cm³/mol. The number of rotatable bonds is 2. The number of nitrogens with zero attached hydrogens (tertiary/aromatic N) is 1. The standard InChI is InChI=1S/C15H10ClNS/c16-15-17-14(10-18-15)13-8-6-12(7-9-13)11-4-2-1-3-5-11/h1-10H. The Balaban J connectivity index is 1.94. The van der Waals surface area contributed by atoms with Gasteiger partial charge >= 0.3 is 0 Å². The van der Waals surface area contributed by atoms with Crippen LogP contribution >= 0.6 is 22.9 Å². The minimum atomic E-state index is 0.581.